The fourth-order valence-corrected chi connectivity index (χ4v) is 3.59. The molecule has 1 unspecified atom stereocenters. The average Bonchev–Trinajstić information content (AvgIpc) is 2.78. The largest absolute Gasteiger partial charge is 0.133 e. The molecule has 0 aromatic carbocycles. The smallest absolute Gasteiger partial charge is 0.0701 e. The molecule has 12 heavy (non-hydrogen) atoms. The van der Waals surface area contributed by atoms with Gasteiger partial charge in [-0.15, -0.1) is 22.9 Å². The predicted octanol–water partition coefficient (Wildman–Crippen LogP) is 4.24. The first kappa shape index (κ1) is 9.04. The van der Waals surface area contributed by atoms with Crippen LogP contribution in [-0.4, -0.2) is 5.88 Å². The first-order valence-electron chi connectivity index (χ1n) is 4.12. The van der Waals surface area contributed by atoms with E-state index in [-0.39, 0.29) is 0 Å². The normalized spacial score (nSPS) is 19.5. The van der Waals surface area contributed by atoms with E-state index in [1.807, 2.05) is 11.3 Å². The highest BCUT2D eigenvalue weighted by Gasteiger charge is 2.32. The van der Waals surface area contributed by atoms with E-state index >= 15 is 0 Å². The molecule has 1 heterocycles. The third kappa shape index (κ3) is 1.86. The molecular formula is C9H10BrClS. The molecular weight excluding hydrogens is 256 g/mol. The Labute approximate surface area is 90.1 Å². The summed E-state index contributed by atoms with van der Waals surface area (Å²) < 4.78 is 1.22. The van der Waals surface area contributed by atoms with Gasteiger partial charge in [0.1, 0.15) is 0 Å². The summed E-state index contributed by atoms with van der Waals surface area (Å²) in [6.07, 6.45) is 2.74. The average molecular weight is 266 g/mol. The van der Waals surface area contributed by atoms with E-state index in [4.69, 9.17) is 11.6 Å². The molecule has 1 aliphatic rings. The van der Waals surface area contributed by atoms with Gasteiger partial charge in [0.05, 0.1) is 3.79 Å². The van der Waals surface area contributed by atoms with Crippen molar-refractivity contribution >= 4 is 38.9 Å². The minimum Gasteiger partial charge on any atom is -0.133 e. The lowest BCUT2D eigenvalue weighted by atomic mass is 10.1. The highest BCUT2D eigenvalue weighted by Crippen LogP contribution is 2.45. The predicted molar refractivity (Wildman–Crippen MR) is 58.2 cm³/mol. The molecule has 0 radical (unpaired) electrons. The highest BCUT2D eigenvalue weighted by atomic mass is 79.9. The first-order chi connectivity index (χ1) is 5.81. The van der Waals surface area contributed by atoms with Gasteiger partial charge in [0.25, 0.3) is 0 Å². The van der Waals surface area contributed by atoms with E-state index in [0.29, 0.717) is 5.92 Å². The molecule has 3 heteroatoms. The van der Waals surface area contributed by atoms with E-state index in [1.54, 1.807) is 0 Å². The molecule has 1 aliphatic carbocycles. The summed E-state index contributed by atoms with van der Waals surface area (Å²) in [6.45, 7) is 0. The van der Waals surface area contributed by atoms with E-state index in [0.717, 1.165) is 11.8 Å². The van der Waals surface area contributed by atoms with Crippen molar-refractivity contribution in [1.29, 1.82) is 0 Å². The summed E-state index contributed by atoms with van der Waals surface area (Å²) in [5.74, 6) is 2.26. The Kier molecular flexibility index (Phi) is 2.78. The maximum Gasteiger partial charge on any atom is 0.0701 e. The first-order valence-corrected chi connectivity index (χ1v) is 6.27. The van der Waals surface area contributed by atoms with Gasteiger partial charge in [-0.1, -0.05) is 0 Å². The zero-order valence-electron chi connectivity index (χ0n) is 6.59. The molecule has 0 N–H and O–H groups in total. The Morgan fingerprint density at radius 1 is 1.58 bits per heavy atom. The second-order valence-corrected chi connectivity index (χ2v) is 6.04. The van der Waals surface area contributed by atoms with E-state index < -0.39 is 0 Å². The number of rotatable bonds is 3. The second kappa shape index (κ2) is 3.69. The van der Waals surface area contributed by atoms with Crippen LogP contribution in [0.1, 0.15) is 23.6 Å². The summed E-state index contributed by atoms with van der Waals surface area (Å²) in [6, 6.07) is 4.31. The monoisotopic (exact) mass is 264 g/mol. The van der Waals surface area contributed by atoms with Crippen molar-refractivity contribution in [2.24, 2.45) is 5.92 Å². The fourth-order valence-electron chi connectivity index (χ4n) is 1.46. The van der Waals surface area contributed by atoms with Crippen molar-refractivity contribution in [1.82, 2.24) is 0 Å². The molecule has 1 aromatic rings. The lowest BCUT2D eigenvalue weighted by Gasteiger charge is -2.08. The van der Waals surface area contributed by atoms with Gasteiger partial charge >= 0.3 is 0 Å². The quantitative estimate of drug-likeness (QED) is 0.717. The topological polar surface area (TPSA) is 0 Å². The van der Waals surface area contributed by atoms with Gasteiger partial charge in [-0.3, -0.25) is 0 Å². The molecule has 0 spiro atoms. The van der Waals surface area contributed by atoms with Crippen LogP contribution in [0.15, 0.2) is 15.9 Å². The SMILES string of the molecule is ClCC(c1ccc(Br)s1)C1CC1. The molecule has 1 atom stereocenters. The van der Waals surface area contributed by atoms with Gasteiger partial charge in [0.15, 0.2) is 0 Å². The van der Waals surface area contributed by atoms with Crippen LogP contribution in [0.2, 0.25) is 0 Å². The maximum atomic E-state index is 5.94. The van der Waals surface area contributed by atoms with Gasteiger partial charge in [-0.2, -0.15) is 0 Å². The van der Waals surface area contributed by atoms with Crippen molar-refractivity contribution in [3.8, 4) is 0 Å². The number of hydrogen-bond acceptors (Lipinski definition) is 1. The third-order valence-electron chi connectivity index (χ3n) is 2.32. The van der Waals surface area contributed by atoms with Gasteiger partial charge in [-0.25, -0.2) is 0 Å². The Bertz CT molecular complexity index is 267. The minimum atomic E-state index is 0.614. The van der Waals surface area contributed by atoms with Crippen molar-refractivity contribution < 1.29 is 0 Å². The number of halogens is 2. The van der Waals surface area contributed by atoms with Crippen molar-refractivity contribution in [3.63, 3.8) is 0 Å². The molecule has 1 aromatic heterocycles. The zero-order chi connectivity index (χ0) is 8.55. The second-order valence-electron chi connectivity index (χ2n) is 3.24. The van der Waals surface area contributed by atoms with Gasteiger partial charge in [0, 0.05) is 16.7 Å². The number of hydrogen-bond donors (Lipinski definition) is 0. The van der Waals surface area contributed by atoms with Gasteiger partial charge < -0.3 is 0 Å². The van der Waals surface area contributed by atoms with E-state index in [1.165, 1.54) is 21.5 Å². The fraction of sp³-hybridized carbons (Fsp3) is 0.556. The summed E-state index contributed by atoms with van der Waals surface area (Å²) in [5, 5.41) is 0. The van der Waals surface area contributed by atoms with Crippen LogP contribution in [0.3, 0.4) is 0 Å². The van der Waals surface area contributed by atoms with Crippen LogP contribution in [0.5, 0.6) is 0 Å². The summed E-state index contributed by atoms with van der Waals surface area (Å²) in [5.41, 5.74) is 0. The van der Waals surface area contributed by atoms with Crippen LogP contribution in [0, 0.1) is 5.92 Å². The Hall–Kier alpha value is 0.470. The van der Waals surface area contributed by atoms with Crippen LogP contribution in [0.25, 0.3) is 0 Å². The molecule has 0 nitrogen and oxygen atoms in total. The number of thiophene rings is 1. The number of alkyl halides is 1. The van der Waals surface area contributed by atoms with Crippen molar-refractivity contribution in [3.05, 3.63) is 20.8 Å². The van der Waals surface area contributed by atoms with Crippen molar-refractivity contribution in [2.75, 3.05) is 5.88 Å². The molecule has 1 saturated carbocycles. The third-order valence-corrected chi connectivity index (χ3v) is 4.40. The Morgan fingerprint density at radius 2 is 2.33 bits per heavy atom. The molecule has 0 saturated heterocycles. The van der Waals surface area contributed by atoms with Crippen LogP contribution < -0.4 is 0 Å². The van der Waals surface area contributed by atoms with Crippen LogP contribution >= 0.6 is 38.9 Å². The highest BCUT2D eigenvalue weighted by molar-refractivity contribution is 9.11. The van der Waals surface area contributed by atoms with Crippen LogP contribution in [0.4, 0.5) is 0 Å². The lowest BCUT2D eigenvalue weighted by molar-refractivity contribution is 0.682. The van der Waals surface area contributed by atoms with E-state index in [2.05, 4.69) is 28.1 Å². The summed E-state index contributed by atoms with van der Waals surface area (Å²) in [4.78, 5) is 1.44. The van der Waals surface area contributed by atoms with Gasteiger partial charge in [0.2, 0.25) is 0 Å². The van der Waals surface area contributed by atoms with E-state index in [9.17, 15) is 0 Å². The molecule has 0 aliphatic heterocycles. The molecule has 2 rings (SSSR count). The summed E-state index contributed by atoms with van der Waals surface area (Å²) in [7, 11) is 0. The van der Waals surface area contributed by atoms with Crippen molar-refractivity contribution in [2.45, 2.75) is 18.8 Å². The summed E-state index contributed by atoms with van der Waals surface area (Å²) >= 11 is 11.2. The lowest BCUT2D eigenvalue weighted by Crippen LogP contribution is -1.99. The molecule has 66 valence electrons. The molecule has 0 bridgehead atoms. The maximum absolute atomic E-state index is 5.94. The van der Waals surface area contributed by atoms with Crippen LogP contribution in [-0.2, 0) is 0 Å². The zero-order valence-corrected chi connectivity index (χ0v) is 9.75. The standard InChI is InChI=1S/C9H10BrClS/c10-9-4-3-8(12-9)7(5-11)6-1-2-6/h3-4,6-7H,1-2,5H2. The minimum absolute atomic E-state index is 0.614. The molecule has 1 fully saturated rings. The Balaban J connectivity index is 2.15. The molecule has 0 amide bonds. The Morgan fingerprint density at radius 3 is 2.75 bits per heavy atom. The van der Waals surface area contributed by atoms with Gasteiger partial charge in [-0.05, 0) is 46.8 Å².